The predicted molar refractivity (Wildman–Crippen MR) is 128 cm³/mol. The standard InChI is InChI=1S/C29H33NO2/c1-3-5-18-8-10-23-20(14-18)9-11-25-24(23)12-13-29(2)26(25)17-22(27(29)31)16-19-6-4-7-21(15-19)28(30)32/h4,6-8,10,14-16,24-26H,3,5,9,11-13,17H2,1-2H3,(H2,30,32)/b22-16+/t24-,25-,26+,29+/m1/s1. The Labute approximate surface area is 191 Å². The van der Waals surface area contributed by atoms with Gasteiger partial charge >= 0.3 is 0 Å². The normalized spacial score (nSPS) is 30.0. The number of hydrogen-bond donors (Lipinski definition) is 1. The summed E-state index contributed by atoms with van der Waals surface area (Å²) in [4.78, 5) is 25.1. The Bertz CT molecular complexity index is 1110. The zero-order valence-electron chi connectivity index (χ0n) is 19.2. The van der Waals surface area contributed by atoms with E-state index in [1.165, 1.54) is 18.4 Å². The number of aryl methyl sites for hydroxylation is 2. The maximum Gasteiger partial charge on any atom is 0.248 e. The van der Waals surface area contributed by atoms with E-state index < -0.39 is 5.91 Å². The molecule has 0 unspecified atom stereocenters. The molecule has 5 rings (SSSR count). The van der Waals surface area contributed by atoms with Gasteiger partial charge in [0.25, 0.3) is 0 Å². The van der Waals surface area contributed by atoms with Crippen LogP contribution in [0.1, 0.15) is 84.5 Å². The molecule has 2 aromatic carbocycles. The van der Waals surface area contributed by atoms with Gasteiger partial charge in [-0.2, -0.15) is 0 Å². The molecule has 2 aromatic rings. The third-order valence-corrected chi connectivity index (χ3v) is 8.48. The van der Waals surface area contributed by atoms with Crippen LogP contribution in [-0.2, 0) is 17.6 Å². The van der Waals surface area contributed by atoms with E-state index in [9.17, 15) is 9.59 Å². The van der Waals surface area contributed by atoms with Gasteiger partial charge in [0.2, 0.25) is 5.91 Å². The molecule has 2 N–H and O–H groups in total. The number of nitrogens with two attached hydrogens (primary N) is 1. The van der Waals surface area contributed by atoms with E-state index in [0.29, 0.717) is 29.1 Å². The van der Waals surface area contributed by atoms with Crippen molar-refractivity contribution in [2.45, 2.75) is 64.7 Å². The largest absolute Gasteiger partial charge is 0.366 e. The van der Waals surface area contributed by atoms with Crippen molar-refractivity contribution in [3.05, 3.63) is 75.9 Å². The number of carbonyl (C=O) groups is 2. The Morgan fingerprint density at radius 1 is 1.19 bits per heavy atom. The number of benzene rings is 2. The number of Topliss-reactive ketones (excluding diaryl/α,β-unsaturated/α-hetero) is 1. The van der Waals surface area contributed by atoms with E-state index >= 15 is 0 Å². The smallest absolute Gasteiger partial charge is 0.248 e. The molecule has 0 saturated heterocycles. The van der Waals surface area contributed by atoms with Crippen molar-refractivity contribution < 1.29 is 9.59 Å². The molecule has 4 atom stereocenters. The average Bonchev–Trinajstić information content (AvgIpc) is 3.04. The fraction of sp³-hybridized carbons (Fsp3) is 0.448. The minimum absolute atomic E-state index is 0.256. The van der Waals surface area contributed by atoms with Gasteiger partial charge in [-0.15, -0.1) is 0 Å². The van der Waals surface area contributed by atoms with Gasteiger partial charge in [0.1, 0.15) is 0 Å². The first kappa shape index (κ1) is 21.2. The first-order valence-electron chi connectivity index (χ1n) is 12.2. The number of primary amides is 1. The van der Waals surface area contributed by atoms with E-state index in [1.54, 1.807) is 23.3 Å². The number of hydrogen-bond acceptors (Lipinski definition) is 2. The lowest BCUT2D eigenvalue weighted by Gasteiger charge is -2.48. The summed E-state index contributed by atoms with van der Waals surface area (Å²) in [7, 11) is 0. The maximum absolute atomic E-state index is 13.6. The number of allylic oxidation sites excluding steroid dienone is 1. The molecule has 0 bridgehead atoms. The van der Waals surface area contributed by atoms with Gasteiger partial charge in [0, 0.05) is 11.0 Å². The highest BCUT2D eigenvalue weighted by molar-refractivity contribution is 6.06. The quantitative estimate of drug-likeness (QED) is 0.622. The van der Waals surface area contributed by atoms with Crippen molar-refractivity contribution in [2.24, 2.45) is 23.0 Å². The summed E-state index contributed by atoms with van der Waals surface area (Å²) in [6.45, 7) is 4.44. The molecule has 0 aromatic heterocycles. The Morgan fingerprint density at radius 3 is 2.81 bits per heavy atom. The van der Waals surface area contributed by atoms with Crippen LogP contribution in [0, 0.1) is 17.3 Å². The molecule has 3 heteroatoms. The van der Waals surface area contributed by atoms with Crippen LogP contribution in [0.3, 0.4) is 0 Å². The van der Waals surface area contributed by atoms with Crippen molar-refractivity contribution in [1.82, 2.24) is 0 Å². The summed E-state index contributed by atoms with van der Waals surface area (Å²) in [5.41, 5.74) is 12.0. The van der Waals surface area contributed by atoms with Crippen LogP contribution in [0.4, 0.5) is 0 Å². The van der Waals surface area contributed by atoms with Crippen molar-refractivity contribution in [1.29, 1.82) is 0 Å². The van der Waals surface area contributed by atoms with Crippen molar-refractivity contribution in [3.8, 4) is 0 Å². The minimum Gasteiger partial charge on any atom is -0.366 e. The Hall–Kier alpha value is -2.68. The molecule has 0 heterocycles. The summed E-state index contributed by atoms with van der Waals surface area (Å²) >= 11 is 0. The van der Waals surface area contributed by atoms with Crippen molar-refractivity contribution in [2.75, 3.05) is 0 Å². The fourth-order valence-corrected chi connectivity index (χ4v) is 6.86. The zero-order chi connectivity index (χ0) is 22.5. The van der Waals surface area contributed by atoms with Crippen molar-refractivity contribution >= 4 is 17.8 Å². The first-order chi connectivity index (χ1) is 15.4. The second kappa shape index (κ2) is 8.03. The van der Waals surface area contributed by atoms with Crippen LogP contribution in [0.2, 0.25) is 0 Å². The number of ketones is 1. The van der Waals surface area contributed by atoms with Crippen molar-refractivity contribution in [3.63, 3.8) is 0 Å². The van der Waals surface area contributed by atoms with E-state index in [4.69, 9.17) is 5.73 Å². The van der Waals surface area contributed by atoms with Gasteiger partial charge in [0.15, 0.2) is 5.78 Å². The van der Waals surface area contributed by atoms with Crippen LogP contribution >= 0.6 is 0 Å². The minimum atomic E-state index is -0.436. The van der Waals surface area contributed by atoms with Gasteiger partial charge in [-0.25, -0.2) is 0 Å². The highest BCUT2D eigenvalue weighted by Crippen LogP contribution is 2.60. The van der Waals surface area contributed by atoms with Crippen LogP contribution in [-0.4, -0.2) is 11.7 Å². The fourth-order valence-electron chi connectivity index (χ4n) is 6.86. The summed E-state index contributed by atoms with van der Waals surface area (Å²) in [6.07, 6.45) is 9.58. The second-order valence-electron chi connectivity index (χ2n) is 10.3. The van der Waals surface area contributed by atoms with Crippen LogP contribution in [0.25, 0.3) is 6.08 Å². The van der Waals surface area contributed by atoms with E-state index in [-0.39, 0.29) is 5.41 Å². The predicted octanol–water partition coefficient (Wildman–Crippen LogP) is 5.86. The molecular formula is C29H33NO2. The highest BCUT2D eigenvalue weighted by atomic mass is 16.1. The average molecular weight is 428 g/mol. The summed E-state index contributed by atoms with van der Waals surface area (Å²) in [5, 5.41) is 0. The molecule has 3 aliphatic rings. The van der Waals surface area contributed by atoms with Gasteiger partial charge in [-0.1, -0.05) is 50.6 Å². The third-order valence-electron chi connectivity index (χ3n) is 8.48. The summed E-state index contributed by atoms with van der Waals surface area (Å²) in [6, 6.07) is 14.5. The molecule has 2 saturated carbocycles. The molecule has 3 aliphatic carbocycles. The highest BCUT2D eigenvalue weighted by Gasteiger charge is 2.56. The molecule has 0 radical (unpaired) electrons. The Balaban J connectivity index is 1.44. The Kier molecular flexibility index (Phi) is 5.31. The monoisotopic (exact) mass is 427 g/mol. The van der Waals surface area contributed by atoms with Crippen LogP contribution < -0.4 is 5.73 Å². The number of carbonyl (C=O) groups excluding carboxylic acids is 2. The SMILES string of the molecule is CCCc1ccc2c(c1)CC[C@@H]1[C@@H]2CC[C@]2(C)C(=O)/C(=C/c3cccc(C(N)=O)c3)C[C@@H]12. The van der Waals surface area contributed by atoms with Gasteiger partial charge in [-0.3, -0.25) is 9.59 Å². The van der Waals surface area contributed by atoms with E-state index in [0.717, 1.165) is 43.2 Å². The molecule has 166 valence electrons. The van der Waals surface area contributed by atoms with Gasteiger partial charge < -0.3 is 5.73 Å². The number of fused-ring (bicyclic) bond motifs is 5. The van der Waals surface area contributed by atoms with Gasteiger partial charge in [-0.05, 0) is 102 Å². The number of amides is 1. The van der Waals surface area contributed by atoms with E-state index in [1.807, 2.05) is 18.2 Å². The topological polar surface area (TPSA) is 60.2 Å². The van der Waals surface area contributed by atoms with E-state index in [2.05, 4.69) is 32.0 Å². The lowest BCUT2D eigenvalue weighted by molar-refractivity contribution is -0.127. The first-order valence-corrected chi connectivity index (χ1v) is 12.2. The van der Waals surface area contributed by atoms with Gasteiger partial charge in [0.05, 0.1) is 0 Å². The Morgan fingerprint density at radius 2 is 2.03 bits per heavy atom. The maximum atomic E-state index is 13.6. The molecule has 0 spiro atoms. The molecule has 2 fully saturated rings. The molecule has 0 aliphatic heterocycles. The molecule has 3 nitrogen and oxygen atoms in total. The number of rotatable bonds is 4. The molecule has 1 amide bonds. The molecular weight excluding hydrogens is 394 g/mol. The summed E-state index contributed by atoms with van der Waals surface area (Å²) in [5.74, 6) is 1.44. The summed E-state index contributed by atoms with van der Waals surface area (Å²) < 4.78 is 0. The van der Waals surface area contributed by atoms with Crippen LogP contribution in [0.15, 0.2) is 48.0 Å². The van der Waals surface area contributed by atoms with Crippen LogP contribution in [0.5, 0.6) is 0 Å². The lowest BCUT2D eigenvalue weighted by Crippen LogP contribution is -2.42. The zero-order valence-corrected chi connectivity index (χ0v) is 19.2. The second-order valence-corrected chi connectivity index (χ2v) is 10.3. The third kappa shape index (κ3) is 3.43. The lowest BCUT2D eigenvalue weighted by atomic mass is 9.55. The molecule has 32 heavy (non-hydrogen) atoms.